The monoisotopic (exact) mass is 358 g/mol. The Kier molecular flexibility index (Phi) is 4.90. The zero-order chi connectivity index (χ0) is 18.6. The second kappa shape index (κ2) is 7.64. The van der Waals surface area contributed by atoms with Crippen molar-refractivity contribution >= 4 is 17.4 Å². The Labute approximate surface area is 158 Å². The first-order valence-corrected chi connectivity index (χ1v) is 9.21. The summed E-state index contributed by atoms with van der Waals surface area (Å²) in [6.07, 6.45) is 1.85. The summed E-state index contributed by atoms with van der Waals surface area (Å²) < 4.78 is 0. The zero-order valence-corrected chi connectivity index (χ0v) is 15.0. The fraction of sp³-hybridized carbons (Fsp3) is 0.174. The van der Waals surface area contributed by atoms with E-state index in [4.69, 9.17) is 0 Å². The molecular weight excluding hydrogens is 336 g/mol. The van der Waals surface area contributed by atoms with Crippen molar-refractivity contribution in [2.75, 3.05) is 10.6 Å². The van der Waals surface area contributed by atoms with E-state index < -0.39 is 0 Å². The standard InChI is InChI=1S/C23H22N2O2/c26-20-13-12-17-8-5-11-22(21(17)15-20)25-23(27)24-19-10-4-9-18(14-19)16-6-2-1-3-7-16/h1-11,14,20,26H,12-13,15H2,(H2,24,25,27). The van der Waals surface area contributed by atoms with Crippen LogP contribution in [0.3, 0.4) is 0 Å². The third-order valence-corrected chi connectivity index (χ3v) is 4.94. The highest BCUT2D eigenvalue weighted by Gasteiger charge is 2.19. The lowest BCUT2D eigenvalue weighted by molar-refractivity contribution is 0.159. The topological polar surface area (TPSA) is 61.4 Å². The summed E-state index contributed by atoms with van der Waals surface area (Å²) >= 11 is 0. The van der Waals surface area contributed by atoms with Crippen LogP contribution in [0, 0.1) is 0 Å². The lowest BCUT2D eigenvalue weighted by Crippen LogP contribution is -2.24. The number of carbonyl (C=O) groups excluding carboxylic acids is 1. The quantitative estimate of drug-likeness (QED) is 0.627. The normalized spacial score (nSPS) is 15.7. The molecule has 0 fully saturated rings. The van der Waals surface area contributed by atoms with E-state index in [0.717, 1.165) is 40.9 Å². The summed E-state index contributed by atoms with van der Waals surface area (Å²) in [5.41, 5.74) is 5.89. The van der Waals surface area contributed by atoms with E-state index in [1.807, 2.05) is 66.7 Å². The number of carbonyl (C=O) groups is 1. The maximum atomic E-state index is 12.5. The van der Waals surface area contributed by atoms with E-state index in [9.17, 15) is 9.90 Å². The molecule has 0 bridgehead atoms. The summed E-state index contributed by atoms with van der Waals surface area (Å²) in [7, 11) is 0. The van der Waals surface area contributed by atoms with Gasteiger partial charge in [0.1, 0.15) is 0 Å². The van der Waals surface area contributed by atoms with E-state index in [0.29, 0.717) is 6.42 Å². The van der Waals surface area contributed by atoms with Gasteiger partial charge in [-0.25, -0.2) is 4.79 Å². The molecule has 4 nitrogen and oxygen atoms in total. The van der Waals surface area contributed by atoms with Gasteiger partial charge >= 0.3 is 6.03 Å². The molecule has 1 atom stereocenters. The van der Waals surface area contributed by atoms with Gasteiger partial charge in [-0.1, -0.05) is 54.6 Å². The zero-order valence-electron chi connectivity index (χ0n) is 15.0. The number of aliphatic hydroxyl groups excluding tert-OH is 1. The van der Waals surface area contributed by atoms with Gasteiger partial charge in [0.05, 0.1) is 6.10 Å². The highest BCUT2D eigenvalue weighted by Crippen LogP contribution is 2.28. The number of hydrogen-bond donors (Lipinski definition) is 3. The minimum absolute atomic E-state index is 0.284. The fourth-order valence-electron chi connectivity index (χ4n) is 3.58. The minimum Gasteiger partial charge on any atom is -0.393 e. The smallest absolute Gasteiger partial charge is 0.323 e. The Morgan fingerprint density at radius 2 is 1.67 bits per heavy atom. The van der Waals surface area contributed by atoms with Crippen LogP contribution in [-0.2, 0) is 12.8 Å². The number of urea groups is 1. The summed E-state index contributed by atoms with van der Waals surface area (Å²) in [6.45, 7) is 0. The number of anilines is 2. The van der Waals surface area contributed by atoms with Gasteiger partial charge in [0, 0.05) is 17.8 Å². The first-order chi connectivity index (χ1) is 13.2. The largest absolute Gasteiger partial charge is 0.393 e. The Bertz CT molecular complexity index is 954. The molecule has 0 heterocycles. The molecule has 0 saturated carbocycles. The molecule has 1 aliphatic carbocycles. The molecule has 3 aromatic rings. The van der Waals surface area contributed by atoms with Crippen molar-refractivity contribution in [1.29, 1.82) is 0 Å². The van der Waals surface area contributed by atoms with Gasteiger partial charge in [0.2, 0.25) is 0 Å². The lowest BCUT2D eigenvalue weighted by Gasteiger charge is -2.23. The molecule has 1 aliphatic rings. The van der Waals surface area contributed by atoms with Crippen molar-refractivity contribution in [3.8, 4) is 11.1 Å². The van der Waals surface area contributed by atoms with Crippen molar-refractivity contribution < 1.29 is 9.90 Å². The predicted octanol–water partition coefficient (Wildman–Crippen LogP) is 4.85. The third kappa shape index (κ3) is 4.01. The molecular formula is C23H22N2O2. The summed E-state index contributed by atoms with van der Waals surface area (Å²) in [6, 6.07) is 23.4. The molecule has 3 aromatic carbocycles. The van der Waals surface area contributed by atoms with Crippen molar-refractivity contribution in [3.05, 3.63) is 83.9 Å². The van der Waals surface area contributed by atoms with Gasteiger partial charge in [0.25, 0.3) is 0 Å². The molecule has 27 heavy (non-hydrogen) atoms. The van der Waals surface area contributed by atoms with E-state index >= 15 is 0 Å². The fourth-order valence-corrected chi connectivity index (χ4v) is 3.58. The molecule has 0 spiro atoms. The molecule has 0 aromatic heterocycles. The van der Waals surface area contributed by atoms with Gasteiger partial charge in [-0.3, -0.25) is 0 Å². The van der Waals surface area contributed by atoms with Gasteiger partial charge in [-0.15, -0.1) is 0 Å². The van der Waals surface area contributed by atoms with Crippen LogP contribution in [0.5, 0.6) is 0 Å². The number of nitrogens with one attached hydrogen (secondary N) is 2. The highest BCUT2D eigenvalue weighted by molar-refractivity contribution is 6.00. The first-order valence-electron chi connectivity index (χ1n) is 9.21. The van der Waals surface area contributed by atoms with Crippen LogP contribution in [0.15, 0.2) is 72.8 Å². The van der Waals surface area contributed by atoms with E-state index in [1.165, 1.54) is 5.56 Å². The number of aryl methyl sites for hydroxylation is 1. The average molecular weight is 358 g/mol. The summed E-state index contributed by atoms with van der Waals surface area (Å²) in [5.74, 6) is 0. The first kappa shape index (κ1) is 17.3. The van der Waals surface area contributed by atoms with Gasteiger partial charge in [0.15, 0.2) is 0 Å². The Morgan fingerprint density at radius 3 is 2.52 bits per heavy atom. The average Bonchev–Trinajstić information content (AvgIpc) is 2.69. The van der Waals surface area contributed by atoms with Crippen molar-refractivity contribution in [2.24, 2.45) is 0 Å². The lowest BCUT2D eigenvalue weighted by atomic mass is 9.88. The number of benzene rings is 3. The SMILES string of the molecule is O=C(Nc1cccc(-c2ccccc2)c1)Nc1cccc2c1CC(O)CC2. The molecule has 3 N–H and O–H groups in total. The summed E-state index contributed by atoms with van der Waals surface area (Å²) in [5, 5.41) is 15.8. The maximum absolute atomic E-state index is 12.5. The molecule has 1 unspecified atom stereocenters. The second-order valence-electron chi connectivity index (χ2n) is 6.87. The van der Waals surface area contributed by atoms with Crippen LogP contribution in [0.25, 0.3) is 11.1 Å². The minimum atomic E-state index is -0.342. The van der Waals surface area contributed by atoms with Crippen LogP contribution in [-0.4, -0.2) is 17.2 Å². The van der Waals surface area contributed by atoms with Crippen molar-refractivity contribution in [1.82, 2.24) is 0 Å². The predicted molar refractivity (Wildman–Crippen MR) is 109 cm³/mol. The molecule has 136 valence electrons. The third-order valence-electron chi connectivity index (χ3n) is 4.94. The van der Waals surface area contributed by atoms with Gasteiger partial charge in [-0.05, 0) is 53.3 Å². The van der Waals surface area contributed by atoms with Crippen LogP contribution >= 0.6 is 0 Å². The molecule has 4 rings (SSSR count). The number of fused-ring (bicyclic) bond motifs is 1. The number of rotatable bonds is 3. The summed E-state index contributed by atoms with van der Waals surface area (Å²) in [4.78, 5) is 12.5. The number of hydrogen-bond acceptors (Lipinski definition) is 2. The molecule has 0 saturated heterocycles. The Hall–Kier alpha value is -3.11. The molecule has 0 radical (unpaired) electrons. The van der Waals surface area contributed by atoms with E-state index in [1.54, 1.807) is 0 Å². The van der Waals surface area contributed by atoms with Crippen molar-refractivity contribution in [3.63, 3.8) is 0 Å². The van der Waals surface area contributed by atoms with Crippen LogP contribution in [0.2, 0.25) is 0 Å². The molecule has 0 aliphatic heterocycles. The van der Waals surface area contributed by atoms with Gasteiger partial charge < -0.3 is 15.7 Å². The van der Waals surface area contributed by atoms with E-state index in [-0.39, 0.29) is 12.1 Å². The number of amides is 2. The Morgan fingerprint density at radius 1 is 0.889 bits per heavy atom. The van der Waals surface area contributed by atoms with Crippen LogP contribution < -0.4 is 10.6 Å². The van der Waals surface area contributed by atoms with Crippen LogP contribution in [0.4, 0.5) is 16.2 Å². The Balaban J connectivity index is 1.50. The maximum Gasteiger partial charge on any atom is 0.323 e. The second-order valence-corrected chi connectivity index (χ2v) is 6.87. The highest BCUT2D eigenvalue weighted by atomic mass is 16.3. The van der Waals surface area contributed by atoms with Crippen molar-refractivity contribution in [2.45, 2.75) is 25.4 Å². The number of aliphatic hydroxyl groups is 1. The molecule has 4 heteroatoms. The molecule has 2 amide bonds. The van der Waals surface area contributed by atoms with Crippen LogP contribution in [0.1, 0.15) is 17.5 Å². The van der Waals surface area contributed by atoms with E-state index in [2.05, 4.69) is 16.7 Å². The van der Waals surface area contributed by atoms with Gasteiger partial charge in [-0.2, -0.15) is 0 Å².